The molecule has 1 aromatic rings. The van der Waals surface area contributed by atoms with Crippen LogP contribution in [0.25, 0.3) is 0 Å². The molecule has 5 nitrogen and oxygen atoms in total. The van der Waals surface area contributed by atoms with E-state index in [9.17, 15) is 18.0 Å². The number of amides is 2. The van der Waals surface area contributed by atoms with Gasteiger partial charge in [0.25, 0.3) is 0 Å². The summed E-state index contributed by atoms with van der Waals surface area (Å²) in [6.45, 7) is 1.15. The Morgan fingerprint density at radius 2 is 2.19 bits per heavy atom. The fourth-order valence-corrected chi connectivity index (χ4v) is 1.18. The predicted molar refractivity (Wildman–Crippen MR) is 45.3 cm³/mol. The highest BCUT2D eigenvalue weighted by molar-refractivity contribution is 5.71. The molecular weight excluding hydrogens is 229 g/mol. The van der Waals surface area contributed by atoms with Gasteiger partial charge in [-0.15, -0.1) is 0 Å². The molecule has 0 saturated carbocycles. The molecule has 2 amide bonds. The number of primary amides is 1. The Morgan fingerprint density at radius 3 is 2.62 bits per heavy atom. The zero-order valence-corrected chi connectivity index (χ0v) is 8.15. The first-order valence-corrected chi connectivity index (χ1v) is 4.17. The first-order chi connectivity index (χ1) is 7.25. The van der Waals surface area contributed by atoms with E-state index in [0.717, 1.165) is 13.2 Å². The Bertz CT molecular complexity index is 388. The van der Waals surface area contributed by atoms with Crippen LogP contribution < -0.4 is 5.73 Å². The zero-order valence-electron chi connectivity index (χ0n) is 8.15. The first kappa shape index (κ1) is 12.4. The number of halogens is 3. The van der Waals surface area contributed by atoms with E-state index in [0.29, 0.717) is 6.07 Å². The lowest BCUT2D eigenvalue weighted by atomic mass is 10.1. The Morgan fingerprint density at radius 1 is 1.62 bits per heavy atom. The van der Waals surface area contributed by atoms with E-state index in [1.165, 1.54) is 0 Å². The van der Waals surface area contributed by atoms with Gasteiger partial charge in [-0.3, -0.25) is 5.21 Å². The number of carbonyl (C=O) groups excluding carboxylic acids is 1. The summed E-state index contributed by atoms with van der Waals surface area (Å²) in [5, 5.41) is 9.05. The van der Waals surface area contributed by atoms with Crippen LogP contribution >= 0.6 is 0 Å². The number of carbonyl (C=O) groups is 1. The first-order valence-electron chi connectivity index (χ1n) is 4.17. The van der Waals surface area contributed by atoms with Crippen LogP contribution in [0.15, 0.2) is 16.7 Å². The van der Waals surface area contributed by atoms with E-state index in [-0.39, 0.29) is 5.06 Å². The Hall–Kier alpha value is -1.70. The fraction of sp³-hybridized carbons (Fsp3) is 0.375. The molecule has 0 spiro atoms. The average molecular weight is 238 g/mol. The molecule has 3 N–H and O–H groups in total. The zero-order chi connectivity index (χ0) is 12.5. The van der Waals surface area contributed by atoms with Gasteiger partial charge >= 0.3 is 12.2 Å². The number of furan rings is 1. The summed E-state index contributed by atoms with van der Waals surface area (Å²) in [5.74, 6) is -0.575. The van der Waals surface area contributed by atoms with Gasteiger partial charge in [0.15, 0.2) is 0 Å². The van der Waals surface area contributed by atoms with Crippen molar-refractivity contribution in [1.29, 1.82) is 0 Å². The van der Waals surface area contributed by atoms with Crippen LogP contribution in [0.1, 0.15) is 24.3 Å². The summed E-state index contributed by atoms with van der Waals surface area (Å²) >= 11 is 0. The number of rotatable bonds is 2. The summed E-state index contributed by atoms with van der Waals surface area (Å²) in [6.07, 6.45) is -3.79. The minimum absolute atomic E-state index is 0.0337. The van der Waals surface area contributed by atoms with Gasteiger partial charge in [0.1, 0.15) is 11.8 Å². The molecular formula is C8H9F3N2O3. The van der Waals surface area contributed by atoms with Crippen molar-refractivity contribution in [3.63, 3.8) is 0 Å². The number of nitrogens with two attached hydrogens (primary N) is 1. The van der Waals surface area contributed by atoms with Gasteiger partial charge in [-0.1, -0.05) is 0 Å². The molecule has 1 rings (SSSR count). The van der Waals surface area contributed by atoms with Crippen LogP contribution in [0, 0.1) is 0 Å². The summed E-state index contributed by atoms with van der Waals surface area (Å²) < 4.78 is 41.9. The molecule has 8 heteroatoms. The number of alkyl halides is 3. The maximum Gasteiger partial charge on any atom is 0.419 e. The molecule has 1 aromatic heterocycles. The number of urea groups is 1. The van der Waals surface area contributed by atoms with Gasteiger partial charge in [-0.25, -0.2) is 4.79 Å². The Kier molecular flexibility index (Phi) is 3.13. The molecule has 1 unspecified atom stereocenters. The molecule has 0 bridgehead atoms. The molecule has 0 fully saturated rings. The lowest BCUT2D eigenvalue weighted by molar-refractivity contribution is -0.141. The smallest absolute Gasteiger partial charge is 0.419 e. The summed E-state index contributed by atoms with van der Waals surface area (Å²) in [7, 11) is 0. The number of hydrogen-bond donors (Lipinski definition) is 2. The van der Waals surface area contributed by atoms with E-state index in [1.54, 1.807) is 0 Å². The Labute approximate surface area is 88.2 Å². The van der Waals surface area contributed by atoms with Gasteiger partial charge in [0.2, 0.25) is 0 Å². The van der Waals surface area contributed by atoms with Crippen LogP contribution in [0.4, 0.5) is 18.0 Å². The minimum Gasteiger partial charge on any atom is -0.466 e. The van der Waals surface area contributed by atoms with Crippen molar-refractivity contribution in [3.8, 4) is 0 Å². The average Bonchev–Trinajstić information content (AvgIpc) is 2.62. The second kappa shape index (κ2) is 4.05. The van der Waals surface area contributed by atoms with Gasteiger partial charge < -0.3 is 10.2 Å². The van der Waals surface area contributed by atoms with Crippen molar-refractivity contribution in [2.24, 2.45) is 5.73 Å². The highest BCUT2D eigenvalue weighted by atomic mass is 19.4. The normalized spacial score (nSPS) is 13.6. The van der Waals surface area contributed by atoms with Crippen LogP contribution in [0.2, 0.25) is 0 Å². The molecule has 0 saturated heterocycles. The number of hydroxylamine groups is 2. The van der Waals surface area contributed by atoms with Gasteiger partial charge in [-0.05, 0) is 13.0 Å². The van der Waals surface area contributed by atoms with Crippen molar-refractivity contribution >= 4 is 6.03 Å². The third kappa shape index (κ3) is 2.27. The number of hydrogen-bond acceptors (Lipinski definition) is 3. The summed E-state index contributed by atoms with van der Waals surface area (Å²) in [4.78, 5) is 10.6. The van der Waals surface area contributed by atoms with Gasteiger partial charge in [-0.2, -0.15) is 18.2 Å². The van der Waals surface area contributed by atoms with E-state index in [4.69, 9.17) is 10.9 Å². The largest absolute Gasteiger partial charge is 0.466 e. The summed E-state index contributed by atoms with van der Waals surface area (Å²) in [6, 6.07) is -1.87. The van der Waals surface area contributed by atoms with E-state index in [2.05, 4.69) is 4.42 Å². The quantitative estimate of drug-likeness (QED) is 0.611. The molecule has 1 atom stereocenters. The molecule has 0 aliphatic rings. The van der Waals surface area contributed by atoms with E-state index in [1.807, 2.05) is 0 Å². The molecule has 1 heterocycles. The maximum atomic E-state index is 12.4. The van der Waals surface area contributed by atoms with Crippen molar-refractivity contribution in [2.45, 2.75) is 19.1 Å². The number of nitrogens with zero attached hydrogens (tertiary/aromatic N) is 1. The van der Waals surface area contributed by atoms with Crippen LogP contribution in [-0.2, 0) is 6.18 Å². The topological polar surface area (TPSA) is 79.7 Å². The third-order valence-corrected chi connectivity index (χ3v) is 1.97. The lowest BCUT2D eigenvalue weighted by Gasteiger charge is -2.20. The van der Waals surface area contributed by atoms with Gasteiger partial charge in [0.05, 0.1) is 11.8 Å². The monoisotopic (exact) mass is 238 g/mol. The predicted octanol–water partition coefficient (Wildman–Crippen LogP) is 2.13. The fourth-order valence-electron chi connectivity index (χ4n) is 1.18. The van der Waals surface area contributed by atoms with E-state index < -0.39 is 29.6 Å². The Balaban J connectivity index is 3.06. The standard InChI is InChI=1S/C8H9F3N2O3/c1-4(13(15)7(12)14)6-5(2-3-16-6)8(9,10)11/h2-4,15H,1H3,(H2,12,14). The molecule has 90 valence electrons. The molecule has 0 aliphatic heterocycles. The molecule has 0 aliphatic carbocycles. The van der Waals surface area contributed by atoms with Crippen molar-refractivity contribution in [3.05, 3.63) is 23.7 Å². The highest BCUT2D eigenvalue weighted by Crippen LogP contribution is 2.36. The second-order valence-electron chi connectivity index (χ2n) is 3.06. The molecule has 0 aromatic carbocycles. The van der Waals surface area contributed by atoms with E-state index >= 15 is 0 Å². The van der Waals surface area contributed by atoms with Gasteiger partial charge in [0, 0.05) is 0 Å². The van der Waals surface area contributed by atoms with Crippen molar-refractivity contribution in [1.82, 2.24) is 5.06 Å². The lowest BCUT2D eigenvalue weighted by Crippen LogP contribution is -2.35. The van der Waals surface area contributed by atoms with Crippen LogP contribution in [-0.4, -0.2) is 16.3 Å². The minimum atomic E-state index is -4.62. The molecule has 0 radical (unpaired) electrons. The van der Waals surface area contributed by atoms with Crippen LogP contribution in [0.3, 0.4) is 0 Å². The van der Waals surface area contributed by atoms with Crippen molar-refractivity contribution in [2.75, 3.05) is 0 Å². The maximum absolute atomic E-state index is 12.4. The second-order valence-corrected chi connectivity index (χ2v) is 3.06. The van der Waals surface area contributed by atoms with Crippen LogP contribution in [0.5, 0.6) is 0 Å². The van der Waals surface area contributed by atoms with Crippen molar-refractivity contribution < 1.29 is 27.6 Å². The highest BCUT2D eigenvalue weighted by Gasteiger charge is 2.38. The third-order valence-electron chi connectivity index (χ3n) is 1.97. The summed E-state index contributed by atoms with van der Waals surface area (Å²) in [5.41, 5.74) is 3.66. The SMILES string of the molecule is CC(c1occc1C(F)(F)F)N(O)C(N)=O. The molecule has 16 heavy (non-hydrogen) atoms.